The number of aliphatic hydroxyl groups excluding tert-OH is 1. The number of sulfone groups is 1. The minimum absolute atomic E-state index is 0.0366. The van der Waals surface area contributed by atoms with Gasteiger partial charge in [0.05, 0.1) is 24.2 Å². The van der Waals surface area contributed by atoms with Crippen LogP contribution >= 0.6 is 0 Å². The third-order valence-corrected chi connectivity index (χ3v) is 7.64. The second kappa shape index (κ2) is 10.6. The molecule has 2 aliphatic rings. The molecule has 8 heteroatoms. The fourth-order valence-electron chi connectivity index (χ4n) is 3.83. The van der Waals surface area contributed by atoms with E-state index < -0.39 is 21.2 Å². The Morgan fingerprint density at radius 1 is 1.19 bits per heavy atom. The summed E-state index contributed by atoms with van der Waals surface area (Å²) >= 11 is 0. The lowest BCUT2D eigenvalue weighted by Gasteiger charge is -2.28. The van der Waals surface area contributed by atoms with Crippen molar-refractivity contribution < 1.29 is 32.5 Å². The second-order valence-electron chi connectivity index (χ2n) is 7.21. The Kier molecular flexibility index (Phi) is 8.79. The monoisotopic (exact) mass is 392 g/mol. The van der Waals surface area contributed by atoms with E-state index in [1.165, 1.54) is 7.11 Å². The highest BCUT2D eigenvalue weighted by Gasteiger charge is 2.47. The molecule has 1 N–H and O–H groups in total. The minimum Gasteiger partial charge on any atom is -0.469 e. The van der Waals surface area contributed by atoms with Crippen molar-refractivity contribution in [3.63, 3.8) is 0 Å². The molecular formula is C18H32O7S. The average molecular weight is 393 g/mol. The van der Waals surface area contributed by atoms with Gasteiger partial charge >= 0.3 is 5.97 Å². The summed E-state index contributed by atoms with van der Waals surface area (Å²) in [4.78, 5) is 11.1. The first-order valence-electron chi connectivity index (χ1n) is 9.64. The minimum atomic E-state index is -3.27. The van der Waals surface area contributed by atoms with Gasteiger partial charge in [-0.25, -0.2) is 8.42 Å². The first kappa shape index (κ1) is 21.6. The molecule has 2 aliphatic heterocycles. The van der Waals surface area contributed by atoms with Gasteiger partial charge in [-0.3, -0.25) is 4.79 Å². The van der Waals surface area contributed by atoms with E-state index in [0.29, 0.717) is 19.4 Å². The zero-order chi connectivity index (χ0) is 19.0. The fourth-order valence-corrected chi connectivity index (χ4v) is 6.19. The van der Waals surface area contributed by atoms with Gasteiger partial charge in [-0.2, -0.15) is 0 Å². The van der Waals surface area contributed by atoms with E-state index in [2.05, 4.69) is 4.74 Å². The zero-order valence-corrected chi connectivity index (χ0v) is 16.4. The molecule has 0 bridgehead atoms. The van der Waals surface area contributed by atoms with Crippen LogP contribution in [0.3, 0.4) is 0 Å². The van der Waals surface area contributed by atoms with E-state index in [1.54, 1.807) is 0 Å². The number of methoxy groups -OCH3 is 1. The summed E-state index contributed by atoms with van der Waals surface area (Å²) in [6.07, 6.45) is 6.11. The van der Waals surface area contributed by atoms with Crippen molar-refractivity contribution in [2.45, 2.75) is 75.4 Å². The van der Waals surface area contributed by atoms with E-state index in [1.807, 2.05) is 0 Å². The molecule has 4 unspecified atom stereocenters. The van der Waals surface area contributed by atoms with Crippen LogP contribution in [0.1, 0.15) is 57.8 Å². The van der Waals surface area contributed by atoms with Crippen LogP contribution in [0.15, 0.2) is 0 Å². The maximum absolute atomic E-state index is 12.5. The summed E-state index contributed by atoms with van der Waals surface area (Å²) in [5, 5.41) is 9.21. The van der Waals surface area contributed by atoms with Gasteiger partial charge in [-0.1, -0.05) is 19.3 Å². The average Bonchev–Trinajstić information content (AvgIpc) is 2.87. The van der Waals surface area contributed by atoms with Crippen molar-refractivity contribution in [2.75, 3.05) is 26.1 Å². The quantitative estimate of drug-likeness (QED) is 0.447. The van der Waals surface area contributed by atoms with Gasteiger partial charge in [0, 0.05) is 25.6 Å². The topological polar surface area (TPSA) is 99.1 Å². The number of aliphatic hydroxyl groups is 1. The third kappa shape index (κ3) is 6.18. The van der Waals surface area contributed by atoms with Gasteiger partial charge in [-0.05, 0) is 32.1 Å². The fraction of sp³-hybridized carbons (Fsp3) is 0.944. The number of esters is 1. The molecule has 0 aliphatic carbocycles. The molecule has 0 aromatic rings. The second-order valence-corrected chi connectivity index (χ2v) is 9.48. The summed E-state index contributed by atoms with van der Waals surface area (Å²) in [6, 6.07) is 0. The predicted molar refractivity (Wildman–Crippen MR) is 96.3 cm³/mol. The van der Waals surface area contributed by atoms with Crippen molar-refractivity contribution in [2.24, 2.45) is 5.92 Å². The molecule has 0 aromatic heterocycles. The summed E-state index contributed by atoms with van der Waals surface area (Å²) < 4.78 is 41.1. The number of hydrogen-bond acceptors (Lipinski definition) is 7. The lowest BCUT2D eigenvalue weighted by atomic mass is 9.96. The van der Waals surface area contributed by atoms with E-state index in [-0.39, 0.29) is 30.5 Å². The molecule has 2 saturated heterocycles. The van der Waals surface area contributed by atoms with Crippen molar-refractivity contribution in [3.8, 4) is 0 Å². The van der Waals surface area contributed by atoms with Crippen LogP contribution in [0.2, 0.25) is 0 Å². The highest BCUT2D eigenvalue weighted by atomic mass is 32.2. The van der Waals surface area contributed by atoms with Gasteiger partial charge in [0.2, 0.25) is 0 Å². The molecule has 2 fully saturated rings. The largest absolute Gasteiger partial charge is 0.469 e. The van der Waals surface area contributed by atoms with Gasteiger partial charge in [0.15, 0.2) is 16.1 Å². The van der Waals surface area contributed by atoms with Gasteiger partial charge in [-0.15, -0.1) is 0 Å². The summed E-state index contributed by atoms with van der Waals surface area (Å²) in [7, 11) is -1.90. The van der Waals surface area contributed by atoms with Crippen molar-refractivity contribution >= 4 is 15.8 Å². The molecule has 4 atom stereocenters. The van der Waals surface area contributed by atoms with Crippen LogP contribution in [-0.2, 0) is 28.8 Å². The number of hydrogen-bond donors (Lipinski definition) is 1. The molecule has 7 nitrogen and oxygen atoms in total. The van der Waals surface area contributed by atoms with E-state index in [9.17, 15) is 18.3 Å². The molecule has 0 radical (unpaired) electrons. The van der Waals surface area contributed by atoms with Crippen LogP contribution < -0.4 is 0 Å². The van der Waals surface area contributed by atoms with Crippen molar-refractivity contribution in [1.29, 1.82) is 0 Å². The predicted octanol–water partition coefficient (Wildman–Crippen LogP) is 1.82. The maximum atomic E-state index is 12.5. The van der Waals surface area contributed by atoms with Gasteiger partial charge < -0.3 is 19.3 Å². The molecule has 2 rings (SSSR count). The van der Waals surface area contributed by atoms with Gasteiger partial charge in [0.25, 0.3) is 0 Å². The van der Waals surface area contributed by atoms with Crippen molar-refractivity contribution in [1.82, 2.24) is 0 Å². The lowest BCUT2D eigenvalue weighted by Crippen LogP contribution is -2.35. The van der Waals surface area contributed by atoms with E-state index in [0.717, 1.165) is 44.9 Å². The Labute approximate surface area is 156 Å². The molecule has 2 heterocycles. The molecule has 0 aromatic carbocycles. The lowest BCUT2D eigenvalue weighted by molar-refractivity contribution is -0.193. The summed E-state index contributed by atoms with van der Waals surface area (Å²) in [5.74, 6) is -0.639. The Morgan fingerprint density at radius 2 is 1.96 bits per heavy atom. The molecule has 0 amide bonds. The van der Waals surface area contributed by atoms with Gasteiger partial charge in [0.1, 0.15) is 0 Å². The van der Waals surface area contributed by atoms with E-state index >= 15 is 0 Å². The molecule has 152 valence electrons. The number of ether oxygens (including phenoxy) is 3. The molecule has 26 heavy (non-hydrogen) atoms. The van der Waals surface area contributed by atoms with Crippen LogP contribution in [0, 0.1) is 5.92 Å². The smallest absolute Gasteiger partial charge is 0.305 e. The Bertz CT molecular complexity index is 528. The van der Waals surface area contributed by atoms with Crippen LogP contribution in [0.4, 0.5) is 0 Å². The maximum Gasteiger partial charge on any atom is 0.305 e. The zero-order valence-electron chi connectivity index (χ0n) is 15.6. The first-order chi connectivity index (χ1) is 12.5. The third-order valence-electron chi connectivity index (χ3n) is 5.34. The normalized spacial score (nSPS) is 31.0. The SMILES string of the molecule is COC(=O)CCCCCCC1C(CO)C(OC2CCCCO2)CS1(=O)=O. The number of carbonyl (C=O) groups excluding carboxylic acids is 1. The van der Waals surface area contributed by atoms with E-state index in [4.69, 9.17) is 9.47 Å². The van der Waals surface area contributed by atoms with Crippen LogP contribution in [0.5, 0.6) is 0 Å². The highest BCUT2D eigenvalue weighted by molar-refractivity contribution is 7.92. The standard InChI is InChI=1S/C18H32O7S/c1-23-17(20)9-5-3-2-4-8-16-14(12-19)15(13-26(16,21)22)25-18-10-6-7-11-24-18/h14-16,18-19H,2-13H2,1H3. The highest BCUT2D eigenvalue weighted by Crippen LogP contribution is 2.34. The Morgan fingerprint density at radius 3 is 2.62 bits per heavy atom. The Balaban J connectivity index is 1.79. The number of carbonyl (C=O) groups is 1. The molecule has 0 saturated carbocycles. The Hall–Kier alpha value is -0.700. The number of rotatable bonds is 10. The van der Waals surface area contributed by atoms with Crippen molar-refractivity contribution in [3.05, 3.63) is 0 Å². The summed E-state index contributed by atoms with van der Waals surface area (Å²) in [6.45, 7) is 0.451. The molecule has 0 spiro atoms. The van der Waals surface area contributed by atoms with Crippen LogP contribution in [0.25, 0.3) is 0 Å². The first-order valence-corrected chi connectivity index (χ1v) is 11.4. The number of unbranched alkanes of at least 4 members (excludes halogenated alkanes) is 3. The molecular weight excluding hydrogens is 360 g/mol. The summed E-state index contributed by atoms with van der Waals surface area (Å²) in [5.41, 5.74) is 0. The van der Waals surface area contributed by atoms with Crippen LogP contribution in [-0.4, -0.2) is 63.2 Å².